The molecule has 1 aliphatic rings. The summed E-state index contributed by atoms with van der Waals surface area (Å²) in [7, 11) is 0. The summed E-state index contributed by atoms with van der Waals surface area (Å²) < 4.78 is 0. The Bertz CT molecular complexity index is 584. The number of carbonyl (C=O) groups is 1. The highest BCUT2D eigenvalue weighted by atomic mass is 35.5. The summed E-state index contributed by atoms with van der Waals surface area (Å²) in [5, 5.41) is 3.43. The van der Waals surface area contributed by atoms with E-state index in [4.69, 9.17) is 17.3 Å². The van der Waals surface area contributed by atoms with Crippen molar-refractivity contribution in [3.63, 3.8) is 0 Å². The maximum atomic E-state index is 12.0. The van der Waals surface area contributed by atoms with Gasteiger partial charge in [0.25, 0.3) is 5.91 Å². The first-order chi connectivity index (χ1) is 9.44. The average molecular weight is 291 g/mol. The zero-order valence-corrected chi connectivity index (χ0v) is 12.6. The SMILES string of the molecule is CC1(C)CC1CNC(=O)c1ccc(C#CCN)c(Cl)c1. The Morgan fingerprint density at radius 2 is 2.25 bits per heavy atom. The van der Waals surface area contributed by atoms with E-state index in [-0.39, 0.29) is 12.5 Å². The second-order valence-corrected chi connectivity index (χ2v) is 6.21. The van der Waals surface area contributed by atoms with E-state index in [0.29, 0.717) is 27.5 Å². The van der Waals surface area contributed by atoms with Crippen LogP contribution in [0.5, 0.6) is 0 Å². The van der Waals surface area contributed by atoms with Gasteiger partial charge >= 0.3 is 0 Å². The van der Waals surface area contributed by atoms with Crippen LogP contribution >= 0.6 is 11.6 Å². The minimum atomic E-state index is -0.0899. The predicted molar refractivity (Wildman–Crippen MR) is 81.6 cm³/mol. The van der Waals surface area contributed by atoms with E-state index in [2.05, 4.69) is 31.0 Å². The first-order valence-electron chi connectivity index (χ1n) is 6.71. The number of amides is 1. The van der Waals surface area contributed by atoms with Crippen LogP contribution in [0.15, 0.2) is 18.2 Å². The van der Waals surface area contributed by atoms with Crippen molar-refractivity contribution in [2.75, 3.05) is 13.1 Å². The van der Waals surface area contributed by atoms with Crippen LogP contribution in [0.1, 0.15) is 36.2 Å². The van der Waals surface area contributed by atoms with Gasteiger partial charge in [0.2, 0.25) is 0 Å². The third kappa shape index (κ3) is 3.53. The molecule has 0 bridgehead atoms. The Labute approximate surface area is 124 Å². The van der Waals surface area contributed by atoms with Crippen molar-refractivity contribution in [1.29, 1.82) is 0 Å². The summed E-state index contributed by atoms with van der Waals surface area (Å²) >= 11 is 6.11. The molecule has 3 N–H and O–H groups in total. The third-order valence-electron chi connectivity index (χ3n) is 3.78. The minimum absolute atomic E-state index is 0.0899. The molecule has 20 heavy (non-hydrogen) atoms. The van der Waals surface area contributed by atoms with Crippen LogP contribution in [0.25, 0.3) is 0 Å². The maximum absolute atomic E-state index is 12.0. The van der Waals surface area contributed by atoms with Crippen molar-refractivity contribution in [3.05, 3.63) is 34.3 Å². The normalized spacial score (nSPS) is 18.9. The first-order valence-corrected chi connectivity index (χ1v) is 7.08. The second kappa shape index (κ2) is 5.87. The monoisotopic (exact) mass is 290 g/mol. The summed E-state index contributed by atoms with van der Waals surface area (Å²) in [6.07, 6.45) is 1.17. The second-order valence-electron chi connectivity index (χ2n) is 5.80. The van der Waals surface area contributed by atoms with Gasteiger partial charge in [-0.1, -0.05) is 37.3 Å². The van der Waals surface area contributed by atoms with Gasteiger partial charge in [0, 0.05) is 17.7 Å². The molecule has 1 aromatic rings. The number of halogens is 1. The predicted octanol–water partition coefficient (Wildman–Crippen LogP) is 2.43. The Hall–Kier alpha value is -1.50. The number of hydrogen-bond donors (Lipinski definition) is 2. The molecule has 0 aromatic heterocycles. The molecule has 106 valence electrons. The molecule has 0 aliphatic heterocycles. The van der Waals surface area contributed by atoms with Crippen molar-refractivity contribution < 1.29 is 4.79 Å². The molecule has 0 heterocycles. The van der Waals surface area contributed by atoms with Crippen LogP contribution in [-0.2, 0) is 0 Å². The fourth-order valence-corrected chi connectivity index (χ4v) is 2.37. The van der Waals surface area contributed by atoms with Gasteiger partial charge in [0.05, 0.1) is 11.6 Å². The lowest BCUT2D eigenvalue weighted by molar-refractivity contribution is 0.0950. The summed E-state index contributed by atoms with van der Waals surface area (Å²) in [6.45, 7) is 5.44. The molecule has 2 rings (SSSR count). The fraction of sp³-hybridized carbons (Fsp3) is 0.438. The molecule has 1 atom stereocenters. The molecule has 1 saturated carbocycles. The van der Waals surface area contributed by atoms with Crippen molar-refractivity contribution in [1.82, 2.24) is 5.32 Å². The van der Waals surface area contributed by atoms with Gasteiger partial charge < -0.3 is 11.1 Å². The first kappa shape index (κ1) is 14.9. The quantitative estimate of drug-likeness (QED) is 0.840. The van der Waals surface area contributed by atoms with Gasteiger partial charge in [-0.15, -0.1) is 0 Å². The Morgan fingerprint density at radius 3 is 2.80 bits per heavy atom. The van der Waals surface area contributed by atoms with Crippen molar-refractivity contribution >= 4 is 17.5 Å². The topological polar surface area (TPSA) is 55.1 Å². The molecule has 1 aromatic carbocycles. The minimum Gasteiger partial charge on any atom is -0.352 e. The number of rotatable bonds is 3. The molecule has 1 aliphatic carbocycles. The lowest BCUT2D eigenvalue weighted by Crippen LogP contribution is -2.26. The number of hydrogen-bond acceptors (Lipinski definition) is 2. The summed E-state index contributed by atoms with van der Waals surface area (Å²) in [4.78, 5) is 12.0. The number of nitrogens with two attached hydrogens (primary N) is 1. The molecular weight excluding hydrogens is 272 g/mol. The van der Waals surface area contributed by atoms with E-state index in [1.807, 2.05) is 0 Å². The van der Waals surface area contributed by atoms with Gasteiger partial charge in [-0.3, -0.25) is 4.79 Å². The van der Waals surface area contributed by atoms with Gasteiger partial charge in [-0.05, 0) is 36.0 Å². The van der Waals surface area contributed by atoms with E-state index in [1.165, 1.54) is 6.42 Å². The van der Waals surface area contributed by atoms with Crippen LogP contribution in [0, 0.1) is 23.2 Å². The maximum Gasteiger partial charge on any atom is 0.251 e. The van der Waals surface area contributed by atoms with Crippen LogP contribution in [0.3, 0.4) is 0 Å². The highest BCUT2D eigenvalue weighted by molar-refractivity contribution is 6.32. The molecule has 1 fully saturated rings. The number of carbonyl (C=O) groups excluding carboxylic acids is 1. The molecule has 1 amide bonds. The van der Waals surface area contributed by atoms with Gasteiger partial charge in [-0.25, -0.2) is 0 Å². The zero-order chi connectivity index (χ0) is 14.8. The summed E-state index contributed by atoms with van der Waals surface area (Å²) in [6, 6.07) is 5.14. The molecule has 4 heteroatoms. The van der Waals surface area contributed by atoms with Crippen LogP contribution < -0.4 is 11.1 Å². The average Bonchev–Trinajstić information content (AvgIpc) is 3.02. The van der Waals surface area contributed by atoms with Gasteiger partial charge in [-0.2, -0.15) is 0 Å². The molecule has 0 saturated heterocycles. The summed E-state index contributed by atoms with van der Waals surface area (Å²) in [5.74, 6) is 6.11. The van der Waals surface area contributed by atoms with E-state index in [0.717, 1.165) is 6.54 Å². The highest BCUT2D eigenvalue weighted by Crippen LogP contribution is 2.50. The van der Waals surface area contributed by atoms with Crippen LogP contribution in [-0.4, -0.2) is 19.0 Å². The lowest BCUT2D eigenvalue weighted by Gasteiger charge is -2.07. The van der Waals surface area contributed by atoms with Crippen molar-refractivity contribution in [2.24, 2.45) is 17.1 Å². The molecule has 1 unspecified atom stereocenters. The smallest absolute Gasteiger partial charge is 0.251 e. The molecule has 3 nitrogen and oxygen atoms in total. The Morgan fingerprint density at radius 1 is 1.55 bits per heavy atom. The van der Waals surface area contributed by atoms with Crippen LogP contribution in [0.2, 0.25) is 5.02 Å². The summed E-state index contributed by atoms with van der Waals surface area (Å²) in [5.41, 5.74) is 6.94. The lowest BCUT2D eigenvalue weighted by atomic mass is 10.1. The zero-order valence-electron chi connectivity index (χ0n) is 11.8. The Kier molecular flexibility index (Phi) is 4.37. The van der Waals surface area contributed by atoms with Crippen molar-refractivity contribution in [2.45, 2.75) is 20.3 Å². The van der Waals surface area contributed by atoms with E-state index in [9.17, 15) is 4.79 Å². The largest absolute Gasteiger partial charge is 0.352 e. The van der Waals surface area contributed by atoms with Gasteiger partial charge in [0.1, 0.15) is 0 Å². The highest BCUT2D eigenvalue weighted by Gasteiger charge is 2.45. The van der Waals surface area contributed by atoms with Crippen LogP contribution in [0.4, 0.5) is 0 Å². The molecule has 0 spiro atoms. The number of nitrogens with one attached hydrogen (secondary N) is 1. The van der Waals surface area contributed by atoms with Crippen molar-refractivity contribution in [3.8, 4) is 11.8 Å². The standard InChI is InChI=1S/C16H19ClN2O/c1-16(2)9-13(16)10-19-15(20)12-6-5-11(4-3-7-18)14(17)8-12/h5-6,8,13H,7,9-10,18H2,1-2H3,(H,19,20). The molecule has 0 radical (unpaired) electrons. The van der Waals surface area contributed by atoms with E-state index in [1.54, 1.807) is 18.2 Å². The number of benzene rings is 1. The van der Waals surface area contributed by atoms with E-state index < -0.39 is 0 Å². The molecular formula is C16H19ClN2O. The van der Waals surface area contributed by atoms with E-state index >= 15 is 0 Å². The Balaban J connectivity index is 1.98. The van der Waals surface area contributed by atoms with Gasteiger partial charge in [0.15, 0.2) is 0 Å². The third-order valence-corrected chi connectivity index (χ3v) is 4.10. The fourth-order valence-electron chi connectivity index (χ4n) is 2.15.